The van der Waals surface area contributed by atoms with Crippen LogP contribution in [0, 0.1) is 0 Å². The number of hydrogen-bond donors (Lipinski definition) is 1. The van der Waals surface area contributed by atoms with E-state index in [0.29, 0.717) is 11.8 Å². The van der Waals surface area contributed by atoms with E-state index in [0.717, 1.165) is 4.47 Å². The van der Waals surface area contributed by atoms with Crippen LogP contribution in [0.1, 0.15) is 10.4 Å². The van der Waals surface area contributed by atoms with E-state index in [1.165, 1.54) is 6.07 Å². The van der Waals surface area contributed by atoms with Gasteiger partial charge in [-0.3, -0.25) is 4.79 Å². The molecule has 1 aromatic rings. The largest absolute Gasteiger partial charge is 0.481 e. The first-order valence-electron chi connectivity index (χ1n) is 3.73. The van der Waals surface area contributed by atoms with Gasteiger partial charge in [0, 0.05) is 4.47 Å². The Bertz CT molecular complexity index is 362. The standard InChI is InChI=1S/C9H7BrO4/c10-7-1-2-8(6(3-7)4-11)14-5-9(12)13/h1-4H,5H2,(H,12,13). The molecule has 14 heavy (non-hydrogen) atoms. The quantitative estimate of drug-likeness (QED) is 0.836. The normalized spacial score (nSPS) is 9.50. The Morgan fingerprint density at radius 1 is 1.57 bits per heavy atom. The lowest BCUT2D eigenvalue weighted by molar-refractivity contribution is -0.139. The molecule has 4 nitrogen and oxygen atoms in total. The van der Waals surface area contributed by atoms with Gasteiger partial charge in [0.1, 0.15) is 5.75 Å². The predicted molar refractivity (Wildman–Crippen MR) is 52.7 cm³/mol. The minimum atomic E-state index is -1.08. The van der Waals surface area contributed by atoms with E-state index in [2.05, 4.69) is 15.9 Å². The minimum absolute atomic E-state index is 0.269. The summed E-state index contributed by atoms with van der Waals surface area (Å²) in [5.74, 6) is -0.810. The summed E-state index contributed by atoms with van der Waals surface area (Å²) in [5, 5.41) is 8.37. The maximum absolute atomic E-state index is 10.6. The van der Waals surface area contributed by atoms with Crippen molar-refractivity contribution in [2.75, 3.05) is 6.61 Å². The molecule has 74 valence electrons. The Balaban J connectivity index is 2.85. The SMILES string of the molecule is O=Cc1cc(Br)ccc1OCC(=O)O. The molecule has 0 aliphatic carbocycles. The van der Waals surface area contributed by atoms with Crippen molar-refractivity contribution in [1.82, 2.24) is 0 Å². The molecule has 0 aliphatic heterocycles. The fourth-order valence-corrected chi connectivity index (χ4v) is 1.26. The Kier molecular flexibility index (Phi) is 3.64. The number of aldehydes is 1. The van der Waals surface area contributed by atoms with E-state index < -0.39 is 12.6 Å². The average molecular weight is 259 g/mol. The van der Waals surface area contributed by atoms with Crippen molar-refractivity contribution in [2.24, 2.45) is 0 Å². The van der Waals surface area contributed by atoms with Gasteiger partial charge in [-0.05, 0) is 18.2 Å². The first-order chi connectivity index (χ1) is 6.63. The highest BCUT2D eigenvalue weighted by molar-refractivity contribution is 9.10. The fraction of sp³-hybridized carbons (Fsp3) is 0.111. The van der Waals surface area contributed by atoms with Crippen LogP contribution in [0.5, 0.6) is 5.75 Å². The summed E-state index contributed by atoms with van der Waals surface area (Å²) in [4.78, 5) is 20.8. The van der Waals surface area contributed by atoms with Crippen LogP contribution in [0.4, 0.5) is 0 Å². The number of ether oxygens (including phenoxy) is 1. The van der Waals surface area contributed by atoms with Crippen molar-refractivity contribution >= 4 is 28.2 Å². The molecular formula is C9H7BrO4. The van der Waals surface area contributed by atoms with Gasteiger partial charge in [-0.25, -0.2) is 4.79 Å². The van der Waals surface area contributed by atoms with Crippen LogP contribution < -0.4 is 4.74 Å². The molecule has 0 bridgehead atoms. The van der Waals surface area contributed by atoms with Crippen LogP contribution in [0.3, 0.4) is 0 Å². The highest BCUT2D eigenvalue weighted by atomic mass is 79.9. The van der Waals surface area contributed by atoms with Gasteiger partial charge in [-0.2, -0.15) is 0 Å². The average Bonchev–Trinajstić information content (AvgIpc) is 2.15. The van der Waals surface area contributed by atoms with Gasteiger partial charge in [0.2, 0.25) is 0 Å². The highest BCUT2D eigenvalue weighted by Gasteiger charge is 2.05. The van der Waals surface area contributed by atoms with E-state index in [1.807, 2.05) is 0 Å². The molecule has 0 unspecified atom stereocenters. The third kappa shape index (κ3) is 2.85. The number of hydrogen-bond acceptors (Lipinski definition) is 3. The third-order valence-corrected chi connectivity index (χ3v) is 1.94. The molecule has 0 atom stereocenters. The number of carbonyl (C=O) groups is 2. The second-order valence-corrected chi connectivity index (χ2v) is 3.40. The van der Waals surface area contributed by atoms with Crippen molar-refractivity contribution in [3.8, 4) is 5.75 Å². The van der Waals surface area contributed by atoms with Gasteiger partial charge in [-0.1, -0.05) is 15.9 Å². The number of rotatable bonds is 4. The smallest absolute Gasteiger partial charge is 0.341 e. The molecule has 0 aromatic heterocycles. The maximum Gasteiger partial charge on any atom is 0.341 e. The fourth-order valence-electron chi connectivity index (χ4n) is 0.882. The first-order valence-corrected chi connectivity index (χ1v) is 4.52. The predicted octanol–water partition coefficient (Wildman–Crippen LogP) is 1.72. The van der Waals surface area contributed by atoms with Crippen molar-refractivity contribution < 1.29 is 19.4 Å². The van der Waals surface area contributed by atoms with Crippen LogP contribution in [0.15, 0.2) is 22.7 Å². The molecule has 0 heterocycles. The Hall–Kier alpha value is -1.36. The number of carboxylic acid groups (broad SMARTS) is 1. The Morgan fingerprint density at radius 2 is 2.29 bits per heavy atom. The first kappa shape index (κ1) is 10.7. The van der Waals surface area contributed by atoms with Crippen molar-refractivity contribution in [1.29, 1.82) is 0 Å². The van der Waals surface area contributed by atoms with Crippen LogP contribution in [0.25, 0.3) is 0 Å². The van der Waals surface area contributed by atoms with Gasteiger partial charge >= 0.3 is 5.97 Å². The zero-order valence-corrected chi connectivity index (χ0v) is 8.65. The number of aliphatic carboxylic acids is 1. The highest BCUT2D eigenvalue weighted by Crippen LogP contribution is 2.21. The van der Waals surface area contributed by atoms with Crippen LogP contribution >= 0.6 is 15.9 Å². The second kappa shape index (κ2) is 4.76. The topological polar surface area (TPSA) is 63.6 Å². The van der Waals surface area contributed by atoms with Crippen molar-refractivity contribution in [3.63, 3.8) is 0 Å². The van der Waals surface area contributed by atoms with Gasteiger partial charge in [0.15, 0.2) is 12.9 Å². The summed E-state index contributed by atoms with van der Waals surface area (Å²) in [6.45, 7) is -0.456. The summed E-state index contributed by atoms with van der Waals surface area (Å²) in [6.07, 6.45) is 0.613. The van der Waals surface area contributed by atoms with E-state index in [9.17, 15) is 9.59 Å². The minimum Gasteiger partial charge on any atom is -0.481 e. The molecule has 5 heteroatoms. The monoisotopic (exact) mass is 258 g/mol. The van der Waals surface area contributed by atoms with E-state index in [1.54, 1.807) is 12.1 Å². The summed E-state index contributed by atoms with van der Waals surface area (Å²) >= 11 is 3.19. The van der Waals surface area contributed by atoms with Gasteiger partial charge in [0.25, 0.3) is 0 Å². The van der Waals surface area contributed by atoms with E-state index >= 15 is 0 Å². The third-order valence-electron chi connectivity index (χ3n) is 1.45. The van der Waals surface area contributed by atoms with E-state index in [4.69, 9.17) is 9.84 Å². The molecule has 0 fully saturated rings. The lowest BCUT2D eigenvalue weighted by Gasteiger charge is -2.05. The summed E-state index contributed by atoms with van der Waals surface area (Å²) in [5.41, 5.74) is 0.320. The number of carboxylic acids is 1. The lowest BCUT2D eigenvalue weighted by atomic mass is 10.2. The maximum atomic E-state index is 10.6. The number of carbonyl (C=O) groups excluding carboxylic acids is 1. The zero-order valence-electron chi connectivity index (χ0n) is 7.07. The molecule has 0 spiro atoms. The zero-order chi connectivity index (χ0) is 10.6. The van der Waals surface area contributed by atoms with Gasteiger partial charge in [-0.15, -0.1) is 0 Å². The summed E-state index contributed by atoms with van der Waals surface area (Å²) < 4.78 is 5.63. The van der Waals surface area contributed by atoms with Crippen molar-refractivity contribution in [2.45, 2.75) is 0 Å². The van der Waals surface area contributed by atoms with Gasteiger partial charge < -0.3 is 9.84 Å². The molecule has 1 N–H and O–H groups in total. The molecule has 1 rings (SSSR count). The molecule has 0 saturated carbocycles. The van der Waals surface area contributed by atoms with E-state index in [-0.39, 0.29) is 5.75 Å². The number of benzene rings is 1. The van der Waals surface area contributed by atoms with Crippen LogP contribution in [0.2, 0.25) is 0 Å². The summed E-state index contributed by atoms with van der Waals surface area (Å²) in [6, 6.07) is 4.77. The summed E-state index contributed by atoms with van der Waals surface area (Å²) in [7, 11) is 0. The van der Waals surface area contributed by atoms with Crippen molar-refractivity contribution in [3.05, 3.63) is 28.2 Å². The molecule has 0 saturated heterocycles. The van der Waals surface area contributed by atoms with Crippen LogP contribution in [-0.4, -0.2) is 24.0 Å². The Morgan fingerprint density at radius 3 is 2.86 bits per heavy atom. The molecule has 0 radical (unpaired) electrons. The second-order valence-electron chi connectivity index (χ2n) is 2.48. The van der Waals surface area contributed by atoms with Gasteiger partial charge in [0.05, 0.1) is 5.56 Å². The molecule has 1 aromatic carbocycles. The molecule has 0 aliphatic rings. The molecule has 0 amide bonds. The lowest BCUT2D eigenvalue weighted by Crippen LogP contribution is -2.10. The van der Waals surface area contributed by atoms with Crippen LogP contribution in [-0.2, 0) is 4.79 Å². The molecular weight excluding hydrogens is 252 g/mol. The number of halogens is 1. The Labute approximate surface area is 88.6 Å².